The predicted molar refractivity (Wildman–Crippen MR) is 116 cm³/mol. The van der Waals surface area contributed by atoms with Gasteiger partial charge in [0.2, 0.25) is 0 Å². The number of hydrogen-bond donors (Lipinski definition) is 1. The standard InChI is InChI=1S/C23H21N3O5/c1-17(23(27)25-24-15-19-8-5-9-20(14-19)26(28)29)31-22-12-10-21(11-13-22)30-16-18-6-3-2-4-7-18/h2-15,17H,16H2,1H3,(H,25,27)/b24-15-/t17-/m1/s1. The molecule has 0 bridgehead atoms. The highest BCUT2D eigenvalue weighted by Gasteiger charge is 2.14. The first kappa shape index (κ1) is 21.5. The van der Waals surface area contributed by atoms with Crippen molar-refractivity contribution in [1.29, 1.82) is 0 Å². The van der Waals surface area contributed by atoms with Gasteiger partial charge in [0.1, 0.15) is 18.1 Å². The van der Waals surface area contributed by atoms with Gasteiger partial charge in [-0.25, -0.2) is 5.43 Å². The highest BCUT2D eigenvalue weighted by atomic mass is 16.6. The number of amides is 1. The fraction of sp³-hybridized carbons (Fsp3) is 0.130. The van der Waals surface area contributed by atoms with Crippen LogP contribution in [0.1, 0.15) is 18.1 Å². The Morgan fingerprint density at radius 2 is 1.77 bits per heavy atom. The van der Waals surface area contributed by atoms with Crippen LogP contribution in [0.2, 0.25) is 0 Å². The molecule has 3 aromatic rings. The lowest BCUT2D eigenvalue weighted by atomic mass is 10.2. The van der Waals surface area contributed by atoms with E-state index in [2.05, 4.69) is 10.5 Å². The summed E-state index contributed by atoms with van der Waals surface area (Å²) >= 11 is 0. The number of rotatable bonds is 9. The molecule has 0 aromatic heterocycles. The maximum atomic E-state index is 12.2. The Labute approximate surface area is 179 Å². The Bertz CT molecular complexity index is 1050. The summed E-state index contributed by atoms with van der Waals surface area (Å²) in [4.78, 5) is 22.4. The number of ether oxygens (including phenoxy) is 2. The molecule has 31 heavy (non-hydrogen) atoms. The van der Waals surface area contributed by atoms with Crippen molar-refractivity contribution in [2.75, 3.05) is 0 Å². The molecular weight excluding hydrogens is 398 g/mol. The number of hydrogen-bond acceptors (Lipinski definition) is 6. The van der Waals surface area contributed by atoms with Gasteiger partial charge in [-0.2, -0.15) is 5.10 Å². The third-order valence-electron chi connectivity index (χ3n) is 4.22. The number of nitrogens with one attached hydrogen (secondary N) is 1. The van der Waals surface area contributed by atoms with Gasteiger partial charge in [-0.3, -0.25) is 14.9 Å². The Morgan fingerprint density at radius 3 is 2.48 bits per heavy atom. The molecule has 0 aliphatic heterocycles. The number of nitro benzene ring substituents is 1. The molecule has 0 fully saturated rings. The first-order chi connectivity index (χ1) is 15.0. The van der Waals surface area contributed by atoms with Crippen LogP contribution >= 0.6 is 0 Å². The average molecular weight is 419 g/mol. The van der Waals surface area contributed by atoms with Crippen LogP contribution in [0.5, 0.6) is 11.5 Å². The summed E-state index contributed by atoms with van der Waals surface area (Å²) in [7, 11) is 0. The highest BCUT2D eigenvalue weighted by Crippen LogP contribution is 2.19. The number of carbonyl (C=O) groups is 1. The molecule has 8 heteroatoms. The number of non-ortho nitro benzene ring substituents is 1. The Kier molecular flexibility index (Phi) is 7.31. The lowest BCUT2D eigenvalue weighted by Gasteiger charge is -2.13. The minimum atomic E-state index is -0.793. The van der Waals surface area contributed by atoms with E-state index in [4.69, 9.17) is 9.47 Å². The molecule has 0 saturated carbocycles. The van der Waals surface area contributed by atoms with Gasteiger partial charge in [-0.15, -0.1) is 0 Å². The van der Waals surface area contributed by atoms with E-state index < -0.39 is 16.9 Å². The minimum Gasteiger partial charge on any atom is -0.489 e. The molecule has 3 rings (SSSR count). The van der Waals surface area contributed by atoms with Gasteiger partial charge in [0.05, 0.1) is 11.1 Å². The molecule has 0 spiro atoms. The Hall–Kier alpha value is -4.20. The number of nitrogens with zero attached hydrogens (tertiary/aromatic N) is 2. The van der Waals surface area contributed by atoms with Crippen molar-refractivity contribution in [2.45, 2.75) is 19.6 Å². The number of nitro groups is 1. The highest BCUT2D eigenvalue weighted by molar-refractivity contribution is 5.84. The van der Waals surface area contributed by atoms with Gasteiger partial charge in [-0.05, 0) is 36.8 Å². The van der Waals surface area contributed by atoms with Crippen LogP contribution in [-0.2, 0) is 11.4 Å². The molecule has 0 aliphatic rings. The summed E-state index contributed by atoms with van der Waals surface area (Å²) in [6, 6.07) is 22.7. The van der Waals surface area contributed by atoms with E-state index in [9.17, 15) is 14.9 Å². The molecule has 0 radical (unpaired) electrons. The largest absolute Gasteiger partial charge is 0.489 e. The second-order valence-electron chi connectivity index (χ2n) is 6.59. The van der Waals surface area contributed by atoms with Gasteiger partial charge < -0.3 is 9.47 Å². The van der Waals surface area contributed by atoms with Gasteiger partial charge in [-0.1, -0.05) is 42.5 Å². The fourth-order valence-corrected chi connectivity index (χ4v) is 2.59. The van der Waals surface area contributed by atoms with Crippen molar-refractivity contribution in [1.82, 2.24) is 5.43 Å². The number of benzene rings is 3. The third kappa shape index (κ3) is 6.67. The fourth-order valence-electron chi connectivity index (χ4n) is 2.59. The zero-order chi connectivity index (χ0) is 22.1. The topological polar surface area (TPSA) is 103 Å². The smallest absolute Gasteiger partial charge is 0.280 e. The molecule has 3 aromatic carbocycles. The van der Waals surface area contributed by atoms with Gasteiger partial charge in [0, 0.05) is 17.7 Å². The molecule has 1 atom stereocenters. The zero-order valence-corrected chi connectivity index (χ0v) is 16.8. The van der Waals surface area contributed by atoms with Crippen molar-refractivity contribution in [2.24, 2.45) is 5.10 Å². The number of hydrazone groups is 1. The molecular formula is C23H21N3O5. The molecule has 158 valence electrons. The van der Waals surface area contributed by atoms with Crippen molar-refractivity contribution < 1.29 is 19.2 Å². The van der Waals surface area contributed by atoms with E-state index in [1.54, 1.807) is 43.3 Å². The molecule has 8 nitrogen and oxygen atoms in total. The predicted octanol–water partition coefficient (Wildman–Crippen LogP) is 4.09. The van der Waals surface area contributed by atoms with Crippen molar-refractivity contribution in [3.63, 3.8) is 0 Å². The number of carbonyl (C=O) groups excluding carboxylic acids is 1. The van der Waals surface area contributed by atoms with E-state index in [-0.39, 0.29) is 5.69 Å². The van der Waals surface area contributed by atoms with Gasteiger partial charge >= 0.3 is 0 Å². The van der Waals surface area contributed by atoms with Crippen LogP contribution in [0.4, 0.5) is 5.69 Å². The second-order valence-corrected chi connectivity index (χ2v) is 6.59. The van der Waals surface area contributed by atoms with E-state index in [0.29, 0.717) is 23.7 Å². The monoisotopic (exact) mass is 419 g/mol. The summed E-state index contributed by atoms with van der Waals surface area (Å²) in [5.41, 5.74) is 3.87. The van der Waals surface area contributed by atoms with Crippen LogP contribution in [-0.4, -0.2) is 23.1 Å². The van der Waals surface area contributed by atoms with E-state index in [0.717, 1.165) is 5.56 Å². The van der Waals surface area contributed by atoms with E-state index >= 15 is 0 Å². The molecule has 1 N–H and O–H groups in total. The summed E-state index contributed by atoms with van der Waals surface area (Å²) in [6.07, 6.45) is 0.537. The van der Waals surface area contributed by atoms with Crippen molar-refractivity contribution >= 4 is 17.8 Å². The maximum absolute atomic E-state index is 12.2. The lowest BCUT2D eigenvalue weighted by molar-refractivity contribution is -0.384. The van der Waals surface area contributed by atoms with Crippen LogP contribution in [0.3, 0.4) is 0 Å². The minimum absolute atomic E-state index is 0.0526. The lowest BCUT2D eigenvalue weighted by Crippen LogP contribution is -2.33. The Balaban J connectivity index is 1.47. The second kappa shape index (κ2) is 10.5. The first-order valence-corrected chi connectivity index (χ1v) is 9.52. The maximum Gasteiger partial charge on any atom is 0.280 e. The quantitative estimate of drug-likeness (QED) is 0.320. The molecule has 0 aliphatic carbocycles. The summed E-state index contributed by atoms with van der Waals surface area (Å²) < 4.78 is 11.3. The summed E-state index contributed by atoms with van der Waals surface area (Å²) in [5, 5.41) is 14.6. The summed E-state index contributed by atoms with van der Waals surface area (Å²) in [6.45, 7) is 2.06. The van der Waals surface area contributed by atoms with Gasteiger partial charge in [0.25, 0.3) is 11.6 Å². The molecule has 0 heterocycles. The molecule has 0 unspecified atom stereocenters. The third-order valence-corrected chi connectivity index (χ3v) is 4.22. The summed E-state index contributed by atoms with van der Waals surface area (Å²) in [5.74, 6) is 0.748. The van der Waals surface area contributed by atoms with Crippen LogP contribution in [0.25, 0.3) is 0 Å². The Morgan fingerprint density at radius 1 is 1.06 bits per heavy atom. The normalized spacial score (nSPS) is 11.6. The molecule has 1 amide bonds. The zero-order valence-electron chi connectivity index (χ0n) is 16.8. The SMILES string of the molecule is C[C@@H](Oc1ccc(OCc2ccccc2)cc1)C(=O)N/N=C\c1cccc([N+](=O)[O-])c1. The van der Waals surface area contributed by atoms with Crippen LogP contribution < -0.4 is 14.9 Å². The van der Waals surface area contributed by atoms with Crippen LogP contribution in [0, 0.1) is 10.1 Å². The first-order valence-electron chi connectivity index (χ1n) is 9.52. The van der Waals surface area contributed by atoms with Crippen molar-refractivity contribution in [3.8, 4) is 11.5 Å². The van der Waals surface area contributed by atoms with Gasteiger partial charge in [0.15, 0.2) is 6.10 Å². The average Bonchev–Trinajstić information content (AvgIpc) is 2.79. The van der Waals surface area contributed by atoms with E-state index in [1.807, 2.05) is 30.3 Å². The van der Waals surface area contributed by atoms with Crippen molar-refractivity contribution in [3.05, 3.63) is 100 Å². The molecule has 0 saturated heterocycles. The van der Waals surface area contributed by atoms with Crippen LogP contribution in [0.15, 0.2) is 84.0 Å². The van der Waals surface area contributed by atoms with E-state index in [1.165, 1.54) is 18.3 Å².